The number of ether oxygens (including phenoxy) is 1. The predicted molar refractivity (Wildman–Crippen MR) is 159 cm³/mol. The van der Waals surface area contributed by atoms with Gasteiger partial charge in [-0.25, -0.2) is 0 Å². The molecule has 0 amide bonds. The molecule has 0 spiro atoms. The lowest BCUT2D eigenvalue weighted by molar-refractivity contribution is -0.128. The molecule has 0 bridgehead atoms. The van der Waals surface area contributed by atoms with Crippen LogP contribution in [0.4, 0.5) is 0 Å². The van der Waals surface area contributed by atoms with Crippen LogP contribution in [0.3, 0.4) is 0 Å². The minimum atomic E-state index is -0.0333. The quantitative estimate of drug-likeness (QED) is 0.266. The first kappa shape index (κ1) is 35.6. The number of carbonyl (C=O) groups is 1. The van der Waals surface area contributed by atoms with Crippen molar-refractivity contribution < 1.29 is 14.6 Å². The average molecular weight is 572 g/mol. The maximum Gasteiger partial charge on any atom is 0.147 e. The number of aliphatic hydroxyl groups excluding tert-OH is 1. The summed E-state index contributed by atoms with van der Waals surface area (Å²) in [6.45, 7) is 9.23. The normalized spacial score (nSPS) is 36.8. The van der Waals surface area contributed by atoms with Crippen LogP contribution >= 0.6 is 15.9 Å². The zero-order chi connectivity index (χ0) is 26.6. The van der Waals surface area contributed by atoms with Crippen LogP contribution in [0.2, 0.25) is 0 Å². The Bertz CT molecular complexity index is 620. The van der Waals surface area contributed by atoms with Gasteiger partial charge in [0.25, 0.3) is 0 Å². The summed E-state index contributed by atoms with van der Waals surface area (Å²) in [6, 6.07) is 0. The summed E-state index contributed by atoms with van der Waals surface area (Å²) in [6.07, 6.45) is 23.1. The predicted octanol–water partition coefficient (Wildman–Crippen LogP) is 8.56. The number of Topliss-reactive ketones (excluding diaryl/α,β-unsaturated/α-hetero) is 1. The molecular weight excluding hydrogens is 512 g/mol. The van der Waals surface area contributed by atoms with Crippen LogP contribution in [0.1, 0.15) is 112 Å². The molecule has 9 unspecified atom stereocenters. The van der Waals surface area contributed by atoms with Crippen LogP contribution in [-0.4, -0.2) is 36.5 Å². The maximum atomic E-state index is 12.4. The highest BCUT2D eigenvalue weighted by Gasteiger charge is 2.58. The Labute approximate surface area is 233 Å². The molecule has 212 valence electrons. The van der Waals surface area contributed by atoms with Gasteiger partial charge in [-0.05, 0) is 98.7 Å². The van der Waals surface area contributed by atoms with Crippen LogP contribution in [-0.2, 0) is 9.53 Å². The number of fused-ring (bicyclic) bond motifs is 5. The molecule has 1 N–H and O–H groups in total. The minimum absolute atomic E-state index is 0. The lowest BCUT2D eigenvalue weighted by Gasteiger charge is -2.56. The first-order valence-corrected chi connectivity index (χ1v) is 15.4. The number of alkyl halides is 1. The molecule has 0 heterocycles. The molecule has 4 saturated carbocycles. The molecule has 3 nitrogen and oxygen atoms in total. The molecule has 9 atom stereocenters. The zero-order valence-corrected chi connectivity index (χ0v) is 25.2. The lowest BCUT2D eigenvalue weighted by atomic mass is 9.49. The van der Waals surface area contributed by atoms with Gasteiger partial charge in [0.1, 0.15) is 5.78 Å². The molecular formula is C32H59BrO3. The van der Waals surface area contributed by atoms with Gasteiger partial charge < -0.3 is 9.84 Å². The molecule has 0 aromatic carbocycles. The number of aliphatic hydroxyl groups is 1. The van der Waals surface area contributed by atoms with Crippen LogP contribution in [0, 0.1) is 59.7 Å². The van der Waals surface area contributed by atoms with Crippen molar-refractivity contribution in [1.82, 2.24) is 0 Å². The summed E-state index contributed by atoms with van der Waals surface area (Å²) in [5, 5.41) is 10.6. The van der Waals surface area contributed by atoms with Crippen molar-refractivity contribution in [2.24, 2.45) is 46.8 Å². The fourth-order valence-corrected chi connectivity index (χ4v) is 8.54. The number of hydrogen-bond donors (Lipinski definition) is 1. The zero-order valence-electron chi connectivity index (χ0n) is 23.6. The number of hydrogen-bond acceptors (Lipinski definition) is 3. The third-order valence-electron chi connectivity index (χ3n) is 9.93. The van der Waals surface area contributed by atoms with Crippen LogP contribution in [0.15, 0.2) is 0 Å². The Kier molecular flexibility index (Phi) is 17.8. The highest BCUT2D eigenvalue weighted by molar-refractivity contribution is 9.09. The molecule has 0 radical (unpaired) electrons. The van der Waals surface area contributed by atoms with Crippen molar-refractivity contribution in [3.05, 3.63) is 0 Å². The van der Waals surface area contributed by atoms with Gasteiger partial charge in [0.15, 0.2) is 0 Å². The fraction of sp³-hybridized carbons (Fsp3) is 0.906. The van der Waals surface area contributed by atoms with Gasteiger partial charge >= 0.3 is 0 Å². The van der Waals surface area contributed by atoms with E-state index in [2.05, 4.69) is 61.2 Å². The van der Waals surface area contributed by atoms with Gasteiger partial charge in [-0.3, -0.25) is 4.79 Å². The van der Waals surface area contributed by atoms with Gasteiger partial charge in [0.2, 0.25) is 0 Å². The smallest absolute Gasteiger partial charge is 0.147 e. The van der Waals surface area contributed by atoms with E-state index < -0.39 is 0 Å². The number of carbonyl (C=O) groups excluding carboxylic acids is 1. The molecule has 0 aliphatic heterocycles. The van der Waals surface area contributed by atoms with Gasteiger partial charge in [-0.1, -0.05) is 70.3 Å². The molecule has 4 fully saturated rings. The van der Waals surface area contributed by atoms with Gasteiger partial charge in [-0.15, -0.1) is 12.8 Å². The van der Waals surface area contributed by atoms with E-state index in [1.54, 1.807) is 14.2 Å². The first-order valence-electron chi connectivity index (χ1n) is 14.3. The average Bonchev–Trinajstić information content (AvgIpc) is 3.22. The second kappa shape index (κ2) is 18.0. The van der Waals surface area contributed by atoms with E-state index >= 15 is 0 Å². The van der Waals surface area contributed by atoms with Crippen LogP contribution in [0.5, 0.6) is 0 Å². The highest BCUT2D eigenvalue weighted by atomic mass is 79.9. The highest BCUT2D eigenvalue weighted by Crippen LogP contribution is 2.64. The Morgan fingerprint density at radius 1 is 1.03 bits per heavy atom. The second-order valence-corrected chi connectivity index (χ2v) is 12.4. The summed E-state index contributed by atoms with van der Waals surface area (Å²) >= 11 is 3.41. The minimum Gasteiger partial charge on any atom is -0.393 e. The Morgan fingerprint density at radius 3 is 2.17 bits per heavy atom. The topological polar surface area (TPSA) is 46.5 Å². The number of halogens is 1. The van der Waals surface area contributed by atoms with Crippen molar-refractivity contribution in [2.45, 2.75) is 118 Å². The third kappa shape index (κ3) is 8.84. The Balaban J connectivity index is 0.000000804. The van der Waals surface area contributed by atoms with Crippen molar-refractivity contribution in [1.29, 1.82) is 0 Å². The van der Waals surface area contributed by atoms with E-state index in [0.717, 1.165) is 54.8 Å². The Morgan fingerprint density at radius 2 is 1.64 bits per heavy atom. The monoisotopic (exact) mass is 570 g/mol. The summed E-state index contributed by atoms with van der Waals surface area (Å²) < 4.78 is 4.25. The molecule has 4 rings (SSSR count). The molecule has 4 heteroatoms. The van der Waals surface area contributed by atoms with Crippen LogP contribution in [0.25, 0.3) is 0 Å². The second-order valence-electron chi connectivity index (χ2n) is 11.9. The van der Waals surface area contributed by atoms with Crippen LogP contribution < -0.4 is 0 Å². The van der Waals surface area contributed by atoms with E-state index in [1.165, 1.54) is 57.8 Å². The molecule has 36 heavy (non-hydrogen) atoms. The molecule has 0 saturated heterocycles. The molecule has 4 aliphatic rings. The molecule has 4 aliphatic carbocycles. The summed E-state index contributed by atoms with van der Waals surface area (Å²) in [5.74, 6) is 5.88. The standard InChI is InChI=1S/C20H31BrO2.C7H16.C2H6O.C2H2.CH4/c1-20-9-8-15-14-5-3-13(22)10-12(14)2-4-16(15)17(20)6-7-18(20)19(23)11-21;1-4-6-7(3)5-2;1-3-2;1-2;/h12-18,22H,2-11H2,1H3;7H,4-6H2,1-3H3;1-2H3;1-2H;1H4. The SMILES string of the molecule is C.C#C.CC12CCC3C4CCC(O)CC4CCC3C1CCC2C(=O)CBr.CCCC(C)CC.COC. The van der Waals surface area contributed by atoms with Gasteiger partial charge in [-0.2, -0.15) is 0 Å². The lowest BCUT2D eigenvalue weighted by Crippen LogP contribution is -2.49. The van der Waals surface area contributed by atoms with E-state index in [-0.39, 0.29) is 18.9 Å². The van der Waals surface area contributed by atoms with E-state index in [0.29, 0.717) is 17.0 Å². The van der Waals surface area contributed by atoms with E-state index in [1.807, 2.05) is 0 Å². The summed E-state index contributed by atoms with van der Waals surface area (Å²) in [4.78, 5) is 12.4. The van der Waals surface area contributed by atoms with E-state index in [9.17, 15) is 9.90 Å². The number of ketones is 1. The summed E-state index contributed by atoms with van der Waals surface area (Å²) in [5.41, 5.74) is 0.271. The maximum absolute atomic E-state index is 12.4. The van der Waals surface area contributed by atoms with Crippen molar-refractivity contribution in [3.8, 4) is 12.8 Å². The van der Waals surface area contributed by atoms with Gasteiger partial charge in [0.05, 0.1) is 11.4 Å². The molecule has 0 aromatic heterocycles. The Hall–Kier alpha value is -0.370. The first-order chi connectivity index (χ1) is 16.8. The van der Waals surface area contributed by atoms with Crippen molar-refractivity contribution >= 4 is 21.7 Å². The number of terminal acetylenes is 1. The third-order valence-corrected chi connectivity index (χ3v) is 10.5. The number of rotatable bonds is 5. The largest absolute Gasteiger partial charge is 0.393 e. The van der Waals surface area contributed by atoms with Gasteiger partial charge in [0, 0.05) is 20.1 Å². The summed E-state index contributed by atoms with van der Waals surface area (Å²) in [7, 11) is 3.25. The van der Waals surface area contributed by atoms with Crippen molar-refractivity contribution in [2.75, 3.05) is 19.5 Å². The van der Waals surface area contributed by atoms with Crippen molar-refractivity contribution in [3.63, 3.8) is 0 Å². The fourth-order valence-electron chi connectivity index (χ4n) is 8.15. The number of methoxy groups -OCH3 is 1. The van der Waals surface area contributed by atoms with E-state index in [4.69, 9.17) is 0 Å². The molecule has 0 aromatic rings.